The van der Waals surface area contributed by atoms with E-state index in [0.717, 1.165) is 12.8 Å². The zero-order valence-corrected chi connectivity index (χ0v) is 21.3. The van der Waals surface area contributed by atoms with Crippen LogP contribution in [0.5, 0.6) is 0 Å². The summed E-state index contributed by atoms with van der Waals surface area (Å²) in [5.41, 5.74) is 6.52. The maximum Gasteiger partial charge on any atom is 0.251 e. The van der Waals surface area contributed by atoms with Crippen LogP contribution in [0.25, 0.3) is 0 Å². The van der Waals surface area contributed by atoms with Crippen LogP contribution >= 0.6 is 0 Å². The number of aliphatic hydroxyl groups is 1. The second-order valence-corrected chi connectivity index (χ2v) is 7.94. The Balaban J connectivity index is 1.99. The number of aromatic nitrogens is 3. The van der Waals surface area contributed by atoms with Crippen molar-refractivity contribution in [2.45, 2.75) is 39.2 Å². The van der Waals surface area contributed by atoms with Crippen molar-refractivity contribution in [2.24, 2.45) is 5.73 Å². The van der Waals surface area contributed by atoms with Crippen LogP contribution in [-0.4, -0.2) is 84.7 Å². The van der Waals surface area contributed by atoms with Crippen LogP contribution < -0.4 is 27.0 Å². The number of anilines is 4. The quantitative estimate of drug-likeness (QED) is 0.154. The van der Waals surface area contributed by atoms with Gasteiger partial charge >= 0.3 is 0 Å². The highest BCUT2D eigenvalue weighted by atomic mass is 16.5. The number of hydrogen-bond acceptors (Lipinski definition) is 11. The fourth-order valence-electron chi connectivity index (χ4n) is 3.14. The summed E-state index contributed by atoms with van der Waals surface area (Å²) in [4.78, 5) is 25.9. The number of nitrogens with one attached hydrogen (secondary N) is 4. The first kappa shape index (κ1) is 29.2. The van der Waals surface area contributed by atoms with Crippen molar-refractivity contribution in [1.29, 1.82) is 0 Å². The van der Waals surface area contributed by atoms with E-state index in [0.29, 0.717) is 81.6 Å². The van der Waals surface area contributed by atoms with E-state index in [1.54, 1.807) is 18.2 Å². The average Bonchev–Trinajstić information content (AvgIpc) is 2.89. The summed E-state index contributed by atoms with van der Waals surface area (Å²) in [6.45, 7) is 7.49. The number of nitrogens with two attached hydrogens (primary N) is 1. The van der Waals surface area contributed by atoms with E-state index in [1.807, 2.05) is 6.07 Å². The second-order valence-electron chi connectivity index (χ2n) is 7.94. The van der Waals surface area contributed by atoms with Gasteiger partial charge in [-0.2, -0.15) is 15.0 Å². The van der Waals surface area contributed by atoms with Gasteiger partial charge in [-0.05, 0) is 37.5 Å². The van der Waals surface area contributed by atoms with Crippen LogP contribution in [0.4, 0.5) is 23.5 Å². The molecule has 1 aromatic heterocycles. The lowest BCUT2D eigenvalue weighted by Crippen LogP contribution is -2.27. The van der Waals surface area contributed by atoms with Crippen molar-refractivity contribution >= 4 is 29.4 Å². The summed E-state index contributed by atoms with van der Waals surface area (Å²) in [6.07, 6.45) is 2.44. The third-order valence-corrected chi connectivity index (χ3v) is 5.12. The van der Waals surface area contributed by atoms with Crippen LogP contribution in [-0.2, 0) is 9.47 Å². The van der Waals surface area contributed by atoms with Gasteiger partial charge in [0.2, 0.25) is 17.8 Å². The van der Waals surface area contributed by atoms with Gasteiger partial charge in [0.25, 0.3) is 5.91 Å². The first-order chi connectivity index (χ1) is 17.6. The molecule has 0 saturated heterocycles. The Morgan fingerprint density at radius 2 is 1.72 bits per heavy atom. The van der Waals surface area contributed by atoms with E-state index >= 15 is 0 Å². The molecule has 0 fully saturated rings. The van der Waals surface area contributed by atoms with Crippen LogP contribution in [0, 0.1) is 0 Å². The standard InChI is InChI=1S/C24H40N8O4/c1-3-19(4-2)28-23-30-22(27-10-6-12-33)31-24(32-23)29-20-8-5-7-18(17-20)21(34)26-11-14-36-16-15-35-13-9-25/h5,7-8,17,19,33H,3-4,6,9-16,25H2,1-2H3,(H,26,34)(H3,27,28,29,30,31,32). The van der Waals surface area contributed by atoms with Crippen molar-refractivity contribution in [2.75, 3.05) is 68.6 Å². The lowest BCUT2D eigenvalue weighted by molar-refractivity contribution is 0.0511. The van der Waals surface area contributed by atoms with Gasteiger partial charge in [-0.1, -0.05) is 19.9 Å². The molecule has 0 bridgehead atoms. The fourth-order valence-corrected chi connectivity index (χ4v) is 3.14. The molecule has 0 aliphatic carbocycles. The third-order valence-electron chi connectivity index (χ3n) is 5.12. The lowest BCUT2D eigenvalue weighted by atomic mass is 10.2. The Morgan fingerprint density at radius 3 is 2.44 bits per heavy atom. The molecule has 0 spiro atoms. The van der Waals surface area contributed by atoms with Gasteiger partial charge in [-0.3, -0.25) is 4.79 Å². The molecule has 0 unspecified atom stereocenters. The lowest BCUT2D eigenvalue weighted by Gasteiger charge is -2.16. The van der Waals surface area contributed by atoms with Gasteiger partial charge < -0.3 is 41.6 Å². The largest absolute Gasteiger partial charge is 0.396 e. The Kier molecular flexibility index (Phi) is 14.1. The van der Waals surface area contributed by atoms with Gasteiger partial charge in [-0.25, -0.2) is 0 Å². The Hall–Kier alpha value is -3.06. The predicted molar refractivity (Wildman–Crippen MR) is 141 cm³/mol. The van der Waals surface area contributed by atoms with E-state index in [1.165, 1.54) is 0 Å². The Labute approximate surface area is 212 Å². The SMILES string of the molecule is CCC(CC)Nc1nc(NCCCO)nc(Nc2cccc(C(=O)NCCOCCOCCN)c2)n1. The highest BCUT2D eigenvalue weighted by Crippen LogP contribution is 2.18. The first-order valence-corrected chi connectivity index (χ1v) is 12.5. The van der Waals surface area contributed by atoms with Gasteiger partial charge in [0.15, 0.2) is 0 Å². The summed E-state index contributed by atoms with van der Waals surface area (Å²) in [7, 11) is 0. The minimum atomic E-state index is -0.209. The molecule has 1 aromatic carbocycles. The number of aliphatic hydroxyl groups excluding tert-OH is 1. The van der Waals surface area contributed by atoms with Gasteiger partial charge in [0.05, 0.1) is 26.4 Å². The first-order valence-electron chi connectivity index (χ1n) is 12.5. The number of nitrogens with zero attached hydrogens (tertiary/aromatic N) is 3. The zero-order valence-electron chi connectivity index (χ0n) is 21.3. The Bertz CT molecular complexity index is 898. The van der Waals surface area contributed by atoms with E-state index in [-0.39, 0.29) is 18.6 Å². The molecule has 2 rings (SSSR count). The number of carbonyl (C=O) groups excluding carboxylic acids is 1. The zero-order chi connectivity index (χ0) is 26.0. The molecule has 0 saturated carbocycles. The molecule has 0 atom stereocenters. The molecule has 1 heterocycles. The number of rotatable bonds is 19. The summed E-state index contributed by atoms with van der Waals surface area (Å²) in [6, 6.07) is 7.32. The minimum absolute atomic E-state index is 0.0756. The summed E-state index contributed by atoms with van der Waals surface area (Å²) in [5, 5.41) is 21.5. The monoisotopic (exact) mass is 504 g/mol. The maximum absolute atomic E-state index is 12.6. The molecule has 0 aliphatic rings. The average molecular weight is 505 g/mol. The van der Waals surface area contributed by atoms with Crippen molar-refractivity contribution in [3.05, 3.63) is 29.8 Å². The van der Waals surface area contributed by atoms with E-state index in [4.69, 9.17) is 20.3 Å². The third kappa shape index (κ3) is 11.1. The highest BCUT2D eigenvalue weighted by Gasteiger charge is 2.12. The predicted octanol–water partition coefficient (Wildman–Crippen LogP) is 1.73. The highest BCUT2D eigenvalue weighted by molar-refractivity contribution is 5.95. The van der Waals surface area contributed by atoms with E-state index in [9.17, 15) is 4.79 Å². The van der Waals surface area contributed by atoms with Crippen LogP contribution in [0.3, 0.4) is 0 Å². The summed E-state index contributed by atoms with van der Waals surface area (Å²) in [5.74, 6) is 0.985. The molecule has 0 radical (unpaired) electrons. The van der Waals surface area contributed by atoms with Crippen LogP contribution in [0.1, 0.15) is 43.5 Å². The van der Waals surface area contributed by atoms with Gasteiger partial charge in [-0.15, -0.1) is 0 Å². The molecule has 200 valence electrons. The number of amides is 1. The van der Waals surface area contributed by atoms with E-state index < -0.39 is 0 Å². The fraction of sp³-hybridized carbons (Fsp3) is 0.583. The van der Waals surface area contributed by atoms with Crippen LogP contribution in [0.15, 0.2) is 24.3 Å². The van der Waals surface area contributed by atoms with E-state index in [2.05, 4.69) is 50.1 Å². The molecule has 12 heteroatoms. The normalized spacial score (nSPS) is 10.9. The molecule has 12 nitrogen and oxygen atoms in total. The Morgan fingerprint density at radius 1 is 1.00 bits per heavy atom. The van der Waals surface area contributed by atoms with Crippen molar-refractivity contribution in [3.8, 4) is 0 Å². The molecule has 2 aromatic rings. The second kappa shape index (κ2) is 17.4. The van der Waals surface area contributed by atoms with Crippen molar-refractivity contribution in [1.82, 2.24) is 20.3 Å². The van der Waals surface area contributed by atoms with Crippen LogP contribution in [0.2, 0.25) is 0 Å². The number of benzene rings is 1. The molecule has 36 heavy (non-hydrogen) atoms. The maximum atomic E-state index is 12.6. The summed E-state index contributed by atoms with van der Waals surface area (Å²) >= 11 is 0. The smallest absolute Gasteiger partial charge is 0.251 e. The number of ether oxygens (including phenoxy) is 2. The number of carbonyl (C=O) groups is 1. The molecule has 1 amide bonds. The van der Waals surface area contributed by atoms with Gasteiger partial charge in [0, 0.05) is 43.5 Å². The molecule has 7 N–H and O–H groups in total. The van der Waals surface area contributed by atoms with Gasteiger partial charge in [0.1, 0.15) is 0 Å². The van der Waals surface area contributed by atoms with Crippen molar-refractivity contribution < 1.29 is 19.4 Å². The molecular formula is C24H40N8O4. The topological polar surface area (TPSA) is 169 Å². The molecule has 0 aliphatic heterocycles. The van der Waals surface area contributed by atoms with Crippen molar-refractivity contribution in [3.63, 3.8) is 0 Å². The minimum Gasteiger partial charge on any atom is -0.396 e. The molecular weight excluding hydrogens is 464 g/mol. The summed E-state index contributed by atoms with van der Waals surface area (Å²) < 4.78 is 10.7. The number of hydrogen-bond donors (Lipinski definition) is 6.